The molecule has 0 aliphatic heterocycles. The predicted molar refractivity (Wildman–Crippen MR) is 96.7 cm³/mol. The Kier molecular flexibility index (Phi) is 6.02. The van der Waals surface area contributed by atoms with Gasteiger partial charge in [0.2, 0.25) is 0 Å². The van der Waals surface area contributed by atoms with E-state index in [9.17, 15) is 13.2 Å². The molecule has 0 unspecified atom stereocenters. The van der Waals surface area contributed by atoms with Crippen molar-refractivity contribution in [3.8, 4) is 0 Å². The minimum atomic E-state index is -0.710. The third kappa shape index (κ3) is 4.12. The van der Waals surface area contributed by atoms with Gasteiger partial charge in [-0.25, -0.2) is 13.2 Å². The third-order valence-electron chi connectivity index (χ3n) is 5.37. The van der Waals surface area contributed by atoms with Crippen LogP contribution in [-0.4, -0.2) is 6.10 Å². The fourth-order valence-electron chi connectivity index (χ4n) is 3.71. The fraction of sp³-hybridized carbons (Fsp3) is 0.455. The van der Waals surface area contributed by atoms with Crippen LogP contribution in [0.4, 0.5) is 13.2 Å². The van der Waals surface area contributed by atoms with Gasteiger partial charge >= 0.3 is 0 Å². The van der Waals surface area contributed by atoms with E-state index >= 15 is 0 Å². The molecule has 0 spiro atoms. The number of halogens is 3. The van der Waals surface area contributed by atoms with Gasteiger partial charge in [-0.05, 0) is 67.7 Å². The molecule has 1 fully saturated rings. The maximum atomic E-state index is 14.3. The highest BCUT2D eigenvalue weighted by molar-refractivity contribution is 5.29. The average molecular weight is 362 g/mol. The summed E-state index contributed by atoms with van der Waals surface area (Å²) in [7, 11) is 0. The van der Waals surface area contributed by atoms with Gasteiger partial charge in [-0.15, -0.1) is 0 Å². The lowest BCUT2D eigenvalue weighted by Gasteiger charge is -2.29. The molecule has 0 radical (unpaired) electrons. The Morgan fingerprint density at radius 2 is 1.62 bits per heavy atom. The van der Waals surface area contributed by atoms with Gasteiger partial charge in [-0.1, -0.05) is 31.2 Å². The largest absolute Gasteiger partial charge is 0.373 e. The van der Waals surface area contributed by atoms with Gasteiger partial charge in [0.15, 0.2) is 11.6 Å². The molecular weight excluding hydrogens is 337 g/mol. The zero-order chi connectivity index (χ0) is 18.7. The molecule has 0 aromatic heterocycles. The van der Waals surface area contributed by atoms with Crippen molar-refractivity contribution in [1.29, 1.82) is 0 Å². The number of rotatable bonds is 5. The zero-order valence-electron chi connectivity index (χ0n) is 15.3. The van der Waals surface area contributed by atoms with Crippen molar-refractivity contribution in [2.45, 2.75) is 64.6 Å². The van der Waals surface area contributed by atoms with Gasteiger partial charge < -0.3 is 4.74 Å². The van der Waals surface area contributed by atoms with Crippen molar-refractivity contribution in [2.75, 3.05) is 0 Å². The monoisotopic (exact) mass is 362 g/mol. The van der Waals surface area contributed by atoms with E-state index in [1.54, 1.807) is 18.2 Å². The van der Waals surface area contributed by atoms with E-state index in [2.05, 4.69) is 0 Å². The highest BCUT2D eigenvalue weighted by Gasteiger charge is 2.26. The second-order valence-electron chi connectivity index (χ2n) is 7.17. The molecule has 0 N–H and O–H groups in total. The second-order valence-corrected chi connectivity index (χ2v) is 7.17. The topological polar surface area (TPSA) is 9.23 Å². The fourth-order valence-corrected chi connectivity index (χ4v) is 3.71. The van der Waals surface area contributed by atoms with Crippen molar-refractivity contribution < 1.29 is 17.9 Å². The molecule has 2 aromatic rings. The van der Waals surface area contributed by atoms with Crippen LogP contribution in [0.3, 0.4) is 0 Å². The van der Waals surface area contributed by atoms with Gasteiger partial charge in [0.25, 0.3) is 0 Å². The molecule has 3 rings (SSSR count). The highest BCUT2D eigenvalue weighted by atomic mass is 19.2. The molecule has 2 aromatic carbocycles. The van der Waals surface area contributed by atoms with Crippen molar-refractivity contribution in [2.24, 2.45) is 0 Å². The first-order chi connectivity index (χ1) is 12.5. The molecule has 1 saturated carbocycles. The van der Waals surface area contributed by atoms with Crippen molar-refractivity contribution in [1.82, 2.24) is 0 Å². The second kappa shape index (κ2) is 8.26. The number of benzene rings is 2. The van der Waals surface area contributed by atoms with E-state index < -0.39 is 11.6 Å². The maximum Gasteiger partial charge on any atom is 0.162 e. The number of hydrogen-bond acceptors (Lipinski definition) is 1. The van der Waals surface area contributed by atoms with Crippen molar-refractivity contribution in [3.05, 3.63) is 70.0 Å². The summed E-state index contributed by atoms with van der Waals surface area (Å²) in [4.78, 5) is 0. The Balaban J connectivity index is 1.57. The summed E-state index contributed by atoms with van der Waals surface area (Å²) < 4.78 is 48.1. The summed E-state index contributed by atoms with van der Waals surface area (Å²) in [6.45, 7) is 3.91. The zero-order valence-corrected chi connectivity index (χ0v) is 15.3. The lowest BCUT2D eigenvalue weighted by Crippen LogP contribution is -2.21. The van der Waals surface area contributed by atoms with Crippen molar-refractivity contribution in [3.63, 3.8) is 0 Å². The number of ether oxygens (including phenoxy) is 1. The average Bonchev–Trinajstić information content (AvgIpc) is 2.64. The van der Waals surface area contributed by atoms with Crippen LogP contribution in [0.2, 0.25) is 0 Å². The summed E-state index contributed by atoms with van der Waals surface area (Å²) in [5.74, 6) is -1.63. The van der Waals surface area contributed by atoms with E-state index in [0.29, 0.717) is 23.1 Å². The first-order valence-corrected chi connectivity index (χ1v) is 9.33. The molecule has 0 atom stereocenters. The standard InChI is InChI=1S/C22H25F3O/c1-3-15-8-11-19(22(25)21(15)24)16-6-9-18(10-7-16)26-13-17-5-4-14(2)12-20(17)23/h4-5,8,11-12,16,18H,3,6-7,9-10,13H2,1-2H3. The Labute approximate surface area is 153 Å². The third-order valence-corrected chi connectivity index (χ3v) is 5.37. The van der Waals surface area contributed by atoms with E-state index in [0.717, 1.165) is 31.2 Å². The van der Waals surface area contributed by atoms with Crippen LogP contribution in [0.1, 0.15) is 60.8 Å². The summed E-state index contributed by atoms with van der Waals surface area (Å²) in [6, 6.07) is 8.55. The Morgan fingerprint density at radius 1 is 0.923 bits per heavy atom. The quantitative estimate of drug-likeness (QED) is 0.614. The molecule has 4 heteroatoms. The van der Waals surface area contributed by atoms with E-state index in [-0.39, 0.29) is 24.4 Å². The summed E-state index contributed by atoms with van der Waals surface area (Å²) >= 11 is 0. The lowest BCUT2D eigenvalue weighted by molar-refractivity contribution is 0.0118. The minimum Gasteiger partial charge on any atom is -0.373 e. The molecule has 0 bridgehead atoms. The molecular formula is C22H25F3O. The Bertz CT molecular complexity index is 764. The Morgan fingerprint density at radius 3 is 2.27 bits per heavy atom. The first-order valence-electron chi connectivity index (χ1n) is 9.33. The smallest absolute Gasteiger partial charge is 0.162 e. The molecule has 0 saturated heterocycles. The normalized spacial score (nSPS) is 20.3. The van der Waals surface area contributed by atoms with Crippen LogP contribution in [0.25, 0.3) is 0 Å². The summed E-state index contributed by atoms with van der Waals surface area (Å²) in [5.41, 5.74) is 2.34. The first kappa shape index (κ1) is 19.0. The molecule has 0 heterocycles. The van der Waals surface area contributed by atoms with Crippen LogP contribution in [0.5, 0.6) is 0 Å². The molecule has 1 aliphatic carbocycles. The predicted octanol–water partition coefficient (Wildman–Crippen LogP) is 6.22. The molecule has 0 amide bonds. The summed E-state index contributed by atoms with van der Waals surface area (Å²) in [6.07, 6.45) is 3.57. The van der Waals surface area contributed by atoms with Gasteiger partial charge in [-0.3, -0.25) is 0 Å². The van der Waals surface area contributed by atoms with Crippen LogP contribution < -0.4 is 0 Å². The van der Waals surface area contributed by atoms with Gasteiger partial charge in [0.05, 0.1) is 12.7 Å². The van der Waals surface area contributed by atoms with E-state index in [1.165, 1.54) is 6.07 Å². The van der Waals surface area contributed by atoms with Gasteiger partial charge in [0, 0.05) is 5.56 Å². The lowest BCUT2D eigenvalue weighted by atomic mass is 9.82. The summed E-state index contributed by atoms with van der Waals surface area (Å²) in [5, 5.41) is 0. The van der Waals surface area contributed by atoms with Crippen LogP contribution in [0.15, 0.2) is 30.3 Å². The molecule has 26 heavy (non-hydrogen) atoms. The van der Waals surface area contributed by atoms with Crippen LogP contribution in [0, 0.1) is 24.4 Å². The van der Waals surface area contributed by atoms with Gasteiger partial charge in [-0.2, -0.15) is 0 Å². The molecule has 140 valence electrons. The number of hydrogen-bond donors (Lipinski definition) is 0. The molecule has 1 nitrogen and oxygen atoms in total. The maximum absolute atomic E-state index is 14.3. The van der Waals surface area contributed by atoms with E-state index in [1.807, 2.05) is 19.9 Å². The Hall–Kier alpha value is -1.81. The van der Waals surface area contributed by atoms with Crippen LogP contribution >= 0.6 is 0 Å². The minimum absolute atomic E-state index is 0.0198. The van der Waals surface area contributed by atoms with Gasteiger partial charge in [0.1, 0.15) is 5.82 Å². The van der Waals surface area contributed by atoms with Crippen molar-refractivity contribution >= 4 is 0 Å². The molecule has 1 aliphatic rings. The highest BCUT2D eigenvalue weighted by Crippen LogP contribution is 2.36. The van der Waals surface area contributed by atoms with E-state index in [4.69, 9.17) is 4.74 Å². The van der Waals surface area contributed by atoms with Crippen LogP contribution in [-0.2, 0) is 17.8 Å². The number of aryl methyl sites for hydroxylation is 2. The SMILES string of the molecule is CCc1ccc(C2CCC(OCc3ccc(C)cc3F)CC2)c(F)c1F.